The Bertz CT molecular complexity index is 2390. The van der Waals surface area contributed by atoms with Crippen molar-refractivity contribution >= 4 is 40.4 Å². The molecule has 2 fully saturated rings. The number of aromatic nitrogens is 2. The van der Waals surface area contributed by atoms with Crippen LogP contribution in [0.2, 0.25) is 5.02 Å². The van der Waals surface area contributed by atoms with Crippen molar-refractivity contribution in [3.8, 4) is 0 Å². The number of rotatable bonds is 11. The first-order valence-electron chi connectivity index (χ1n) is 22.6. The van der Waals surface area contributed by atoms with E-state index in [1.807, 2.05) is 28.2 Å². The lowest BCUT2D eigenvalue weighted by atomic mass is 9.63. The maximum atomic E-state index is 15.3. The molecule has 0 saturated heterocycles. The molecule has 0 radical (unpaired) electrons. The van der Waals surface area contributed by atoms with Crippen LogP contribution < -0.4 is 10.2 Å². The molecule has 318 valence electrons. The van der Waals surface area contributed by atoms with Crippen molar-refractivity contribution in [2.24, 2.45) is 21.8 Å². The second-order valence-electron chi connectivity index (χ2n) is 19.3. The van der Waals surface area contributed by atoms with Gasteiger partial charge in [-0.15, -0.1) is 0 Å². The highest BCUT2D eigenvalue weighted by Gasteiger charge is 2.45. The maximum Gasteiger partial charge on any atom is 0.349 e. The first-order valence-corrected chi connectivity index (χ1v) is 23.0. The summed E-state index contributed by atoms with van der Waals surface area (Å²) in [7, 11) is 0. The fourth-order valence-corrected chi connectivity index (χ4v) is 11.4. The molecule has 2 heterocycles. The summed E-state index contributed by atoms with van der Waals surface area (Å²) in [6, 6.07) is 46.3. The minimum absolute atomic E-state index is 0.0231. The van der Waals surface area contributed by atoms with Crippen molar-refractivity contribution in [3.63, 3.8) is 0 Å². The van der Waals surface area contributed by atoms with Gasteiger partial charge in [-0.25, -0.2) is 14.8 Å². The molecule has 3 aliphatic rings. The topological polar surface area (TPSA) is 65.8 Å². The molecule has 0 atom stereocenters. The van der Waals surface area contributed by atoms with Crippen LogP contribution in [0.5, 0.6) is 0 Å². The number of anilines is 3. The van der Waals surface area contributed by atoms with Gasteiger partial charge >= 0.3 is 6.03 Å². The highest BCUT2D eigenvalue weighted by molar-refractivity contribution is 6.31. The van der Waals surface area contributed by atoms with E-state index >= 15 is 4.79 Å². The van der Waals surface area contributed by atoms with Crippen molar-refractivity contribution in [2.75, 3.05) is 16.8 Å². The molecule has 1 aliphatic heterocycles. The Balaban J connectivity index is 1.02. The Hall–Kier alpha value is -5.66. The summed E-state index contributed by atoms with van der Waals surface area (Å²) in [5.41, 5.74) is 7.61. The second-order valence-corrected chi connectivity index (χ2v) is 19.7. The Labute approximate surface area is 372 Å². The molecule has 1 aromatic heterocycles. The monoisotopic (exact) mass is 842 g/mol. The average Bonchev–Trinajstić information content (AvgIpc) is 3.69. The third-order valence-corrected chi connectivity index (χ3v) is 13.6. The number of imidazole rings is 1. The van der Waals surface area contributed by atoms with Gasteiger partial charge in [0.1, 0.15) is 11.4 Å². The van der Waals surface area contributed by atoms with Gasteiger partial charge in [0.25, 0.3) is 0 Å². The maximum absolute atomic E-state index is 15.3. The van der Waals surface area contributed by atoms with Gasteiger partial charge in [0.15, 0.2) is 0 Å². The molecular formula is C54H59ClN6O. The third-order valence-electron chi connectivity index (χ3n) is 13.4. The second kappa shape index (κ2) is 17.2. The number of amides is 2. The summed E-state index contributed by atoms with van der Waals surface area (Å²) in [6.07, 6.45) is 13.4. The van der Waals surface area contributed by atoms with E-state index in [2.05, 4.69) is 165 Å². The number of fused-ring (bicyclic) bond motifs is 1. The molecule has 2 amide bonds. The standard InChI is InChI=1S/C54H59ClN6O/c1-52(2)36-46(37-53(3,4)38-52)61-51(62)60(48-35-43(55)25-30-47(48)50(58-61)39-17-9-5-10-18-39)45-28-26-44(27-29-45)56-32-31-49-57-33-34-59(49)54(40-19-11-6-12-20-40,41-21-13-7-14-22-41)42-23-15-8-16-24-42/h6-8,11-16,19-30,33-35,39,46,56H,5,9-10,17-18,31-32,36-38H2,1-4H3. The van der Waals surface area contributed by atoms with Crippen LogP contribution in [-0.2, 0) is 12.0 Å². The van der Waals surface area contributed by atoms with Crippen LogP contribution in [0.25, 0.3) is 0 Å². The zero-order valence-electron chi connectivity index (χ0n) is 36.6. The van der Waals surface area contributed by atoms with Gasteiger partial charge < -0.3 is 9.88 Å². The van der Waals surface area contributed by atoms with E-state index in [9.17, 15) is 0 Å². The normalized spacial score (nSPS) is 18.2. The SMILES string of the molecule is CC1(C)CC(N2N=C(C3CCCCC3)c3ccc(Cl)cc3N(c3ccc(NCCc4nccn4C(c4ccccc4)(c4ccccc4)c4ccccc4)cc3)C2=O)CC(C)(C)C1. The molecule has 62 heavy (non-hydrogen) atoms. The van der Waals surface area contributed by atoms with Crippen LogP contribution in [-0.4, -0.2) is 38.9 Å². The highest BCUT2D eigenvalue weighted by Crippen LogP contribution is 2.49. The first-order chi connectivity index (χ1) is 30.0. The number of carbonyl (C=O) groups is 1. The van der Waals surface area contributed by atoms with E-state index in [0.717, 1.165) is 83.0 Å². The van der Waals surface area contributed by atoms with Crippen molar-refractivity contribution in [3.05, 3.63) is 179 Å². The van der Waals surface area contributed by atoms with Gasteiger partial charge in [-0.3, -0.25) is 4.90 Å². The van der Waals surface area contributed by atoms with Crippen LogP contribution in [0, 0.1) is 16.7 Å². The average molecular weight is 844 g/mol. The van der Waals surface area contributed by atoms with Crippen LogP contribution in [0.1, 0.15) is 107 Å². The molecule has 9 rings (SSSR count). The molecule has 8 heteroatoms. The van der Waals surface area contributed by atoms with Crippen LogP contribution in [0.4, 0.5) is 21.9 Å². The number of carbonyl (C=O) groups excluding carboxylic acids is 1. The highest BCUT2D eigenvalue weighted by atomic mass is 35.5. The number of benzene rings is 5. The molecule has 6 aromatic rings. The molecule has 2 aliphatic carbocycles. The molecule has 0 spiro atoms. The minimum Gasteiger partial charge on any atom is -0.385 e. The summed E-state index contributed by atoms with van der Waals surface area (Å²) in [4.78, 5) is 22.1. The molecule has 7 nitrogen and oxygen atoms in total. The lowest BCUT2D eigenvalue weighted by Crippen LogP contribution is -2.49. The molecule has 2 saturated carbocycles. The van der Waals surface area contributed by atoms with Gasteiger partial charge in [-0.1, -0.05) is 150 Å². The Morgan fingerprint density at radius 1 is 0.742 bits per heavy atom. The lowest BCUT2D eigenvalue weighted by molar-refractivity contribution is 0.0423. The predicted octanol–water partition coefficient (Wildman–Crippen LogP) is 13.5. The Kier molecular flexibility index (Phi) is 11.6. The summed E-state index contributed by atoms with van der Waals surface area (Å²) in [5.74, 6) is 1.27. The first kappa shape index (κ1) is 41.7. The molecule has 1 N–H and O–H groups in total. The fourth-order valence-electron chi connectivity index (χ4n) is 11.3. The van der Waals surface area contributed by atoms with Gasteiger partial charge in [-0.2, -0.15) is 5.10 Å². The van der Waals surface area contributed by atoms with Crippen molar-refractivity contribution in [2.45, 2.75) is 97.1 Å². The molecule has 0 bridgehead atoms. The van der Waals surface area contributed by atoms with Crippen molar-refractivity contribution < 1.29 is 4.79 Å². The van der Waals surface area contributed by atoms with E-state index in [1.54, 1.807) is 0 Å². The van der Waals surface area contributed by atoms with Crippen LogP contribution in [0.15, 0.2) is 151 Å². The van der Waals surface area contributed by atoms with Gasteiger partial charge in [0, 0.05) is 47.6 Å². The smallest absolute Gasteiger partial charge is 0.349 e. The Morgan fingerprint density at radius 2 is 1.32 bits per heavy atom. The Morgan fingerprint density at radius 3 is 1.90 bits per heavy atom. The van der Waals surface area contributed by atoms with Crippen molar-refractivity contribution in [1.29, 1.82) is 0 Å². The van der Waals surface area contributed by atoms with E-state index in [4.69, 9.17) is 21.7 Å². The number of urea groups is 1. The number of hydrogen-bond acceptors (Lipinski definition) is 4. The number of nitrogens with zero attached hydrogens (tertiary/aromatic N) is 5. The quantitative estimate of drug-likeness (QED) is 0.132. The van der Waals surface area contributed by atoms with E-state index < -0.39 is 5.54 Å². The molecule has 5 aromatic carbocycles. The fraction of sp³-hybridized carbons (Fsp3) is 0.352. The van der Waals surface area contributed by atoms with Gasteiger partial charge in [-0.05, 0) is 102 Å². The predicted molar refractivity (Wildman–Crippen MR) is 255 cm³/mol. The zero-order chi connectivity index (χ0) is 42.9. The number of hydrogen-bond donors (Lipinski definition) is 1. The van der Waals surface area contributed by atoms with Crippen molar-refractivity contribution in [1.82, 2.24) is 14.6 Å². The largest absolute Gasteiger partial charge is 0.385 e. The zero-order valence-corrected chi connectivity index (χ0v) is 37.4. The summed E-state index contributed by atoms with van der Waals surface area (Å²) >= 11 is 6.78. The summed E-state index contributed by atoms with van der Waals surface area (Å²) in [6.45, 7) is 10.0. The summed E-state index contributed by atoms with van der Waals surface area (Å²) in [5, 5.41) is 11.6. The number of hydrazone groups is 1. The van der Waals surface area contributed by atoms with E-state index in [-0.39, 0.29) is 22.9 Å². The molecular weight excluding hydrogens is 784 g/mol. The van der Waals surface area contributed by atoms with Crippen LogP contribution >= 0.6 is 11.6 Å². The number of halogens is 1. The minimum atomic E-state index is -0.631. The summed E-state index contributed by atoms with van der Waals surface area (Å²) < 4.78 is 2.34. The van der Waals surface area contributed by atoms with Crippen LogP contribution in [0.3, 0.4) is 0 Å². The van der Waals surface area contributed by atoms with Gasteiger partial charge in [0.2, 0.25) is 0 Å². The lowest BCUT2D eigenvalue weighted by Gasteiger charge is -2.47. The third kappa shape index (κ3) is 8.20. The molecule has 0 unspecified atom stereocenters. The van der Waals surface area contributed by atoms with E-state index in [0.29, 0.717) is 23.9 Å². The number of nitrogens with one attached hydrogen (secondary N) is 1. The van der Waals surface area contributed by atoms with Gasteiger partial charge in [0.05, 0.1) is 23.1 Å². The van der Waals surface area contributed by atoms with E-state index in [1.165, 1.54) is 19.3 Å².